The van der Waals surface area contributed by atoms with E-state index in [4.69, 9.17) is 29.9 Å². The fourth-order valence-corrected chi connectivity index (χ4v) is 10.3. The molecular weight excluding hydrogens is 1010 g/mol. The van der Waals surface area contributed by atoms with Crippen LogP contribution in [0.2, 0.25) is 0 Å². The fraction of sp³-hybridized carbons (Fsp3) is 0.133. The molecular formula is C30H27N5O22S7. The molecule has 0 saturated heterocycles. The molecule has 0 aliphatic carbocycles. The largest absolute Gasteiger partial charge is 0.505 e. The number of anilines is 1. The van der Waals surface area contributed by atoms with Crippen molar-refractivity contribution < 1.29 is 100 Å². The molecule has 0 aromatic heterocycles. The molecule has 0 unspecified atom stereocenters. The summed E-state index contributed by atoms with van der Waals surface area (Å²) in [6.07, 6.45) is 0. The van der Waals surface area contributed by atoms with E-state index in [-0.39, 0.29) is 79.4 Å². The van der Waals surface area contributed by atoms with Crippen LogP contribution in [0.5, 0.6) is 5.75 Å². The van der Waals surface area contributed by atoms with Gasteiger partial charge in [-0.15, -0.1) is 33.5 Å². The van der Waals surface area contributed by atoms with Crippen LogP contribution in [0, 0.1) is 0 Å². The van der Waals surface area contributed by atoms with Crippen LogP contribution in [0.1, 0.15) is 0 Å². The Bertz CT molecular complexity index is 3050. The van der Waals surface area contributed by atoms with E-state index in [1.165, 1.54) is 24.3 Å². The van der Waals surface area contributed by atoms with Crippen molar-refractivity contribution in [1.29, 1.82) is 0 Å². The van der Waals surface area contributed by atoms with E-state index in [0.29, 0.717) is 6.07 Å². The van der Waals surface area contributed by atoms with Crippen molar-refractivity contribution in [2.24, 2.45) is 20.5 Å². The molecule has 0 saturated carbocycles. The summed E-state index contributed by atoms with van der Waals surface area (Å²) in [5.41, 5.74) is 4.22. The molecule has 27 nitrogen and oxygen atoms in total. The van der Waals surface area contributed by atoms with Gasteiger partial charge >= 0.3 is 0 Å². The van der Waals surface area contributed by atoms with E-state index in [9.17, 15) is 47.9 Å². The molecule has 0 spiro atoms. The third kappa shape index (κ3) is 12.5. The molecule has 0 atom stereocenters. The highest BCUT2D eigenvalue weighted by molar-refractivity contribution is 7.94. The molecule has 64 heavy (non-hydrogen) atoms. The van der Waals surface area contributed by atoms with Crippen LogP contribution in [-0.4, -0.2) is 88.4 Å². The van der Waals surface area contributed by atoms with Crippen LogP contribution in [0.4, 0.5) is 28.4 Å². The van der Waals surface area contributed by atoms with Crippen LogP contribution in [0.3, 0.4) is 0 Å². The average molecular weight is 1030 g/mol. The number of benzene rings is 5. The number of nitrogen functional groups attached to an aromatic ring is 1. The van der Waals surface area contributed by atoms with Gasteiger partial charge < -0.3 is 10.8 Å². The SMILES string of the molecule is Nc1ccc2c(O)c(N=Nc3ccc4cc(S(=O)(=O)CCOSOOO)ccc4c3S(=O)(=O)O)c(SOOO)cc2c1N=Nc1ccc(S(=O)(=O)CCOSOOO)cc1S(=O)(=O)O. The maximum atomic E-state index is 12.9. The van der Waals surface area contributed by atoms with Crippen molar-refractivity contribution in [3.05, 3.63) is 66.7 Å². The van der Waals surface area contributed by atoms with E-state index < -0.39 is 102 Å². The lowest BCUT2D eigenvalue weighted by molar-refractivity contribution is -0.434. The fourth-order valence-electron chi connectivity index (χ4n) is 5.40. The van der Waals surface area contributed by atoms with Crippen molar-refractivity contribution in [1.82, 2.24) is 0 Å². The van der Waals surface area contributed by atoms with Gasteiger partial charge in [-0.05, 0) is 60.0 Å². The Morgan fingerprint density at radius 2 is 1.12 bits per heavy atom. The zero-order valence-corrected chi connectivity index (χ0v) is 36.8. The number of aromatic hydroxyl groups is 1. The molecule has 0 radical (unpaired) electrons. The summed E-state index contributed by atoms with van der Waals surface area (Å²) < 4.78 is 144. The molecule has 5 aromatic rings. The summed E-state index contributed by atoms with van der Waals surface area (Å²) in [6, 6.07) is 11.8. The summed E-state index contributed by atoms with van der Waals surface area (Å²) >= 11 is 0.485. The monoisotopic (exact) mass is 1030 g/mol. The zero-order valence-electron chi connectivity index (χ0n) is 31.1. The Morgan fingerprint density at radius 3 is 1.72 bits per heavy atom. The smallest absolute Gasteiger partial charge is 0.297 e. The lowest BCUT2D eigenvalue weighted by atomic mass is 10.1. The topological polar surface area (TPSA) is 407 Å². The molecule has 346 valence electrons. The second-order valence-electron chi connectivity index (χ2n) is 11.9. The number of nitrogens with two attached hydrogens (primary N) is 1. The van der Waals surface area contributed by atoms with Crippen molar-refractivity contribution in [2.45, 2.75) is 24.5 Å². The van der Waals surface area contributed by atoms with Gasteiger partial charge in [-0.1, -0.05) is 27.2 Å². The Morgan fingerprint density at radius 1 is 0.578 bits per heavy atom. The Hall–Kier alpha value is -4.25. The maximum Gasteiger partial charge on any atom is 0.297 e. The van der Waals surface area contributed by atoms with Gasteiger partial charge in [-0.25, -0.2) is 32.6 Å². The molecule has 8 N–H and O–H groups in total. The third-order valence-corrected chi connectivity index (χ3v) is 14.7. The Balaban J connectivity index is 1.55. The van der Waals surface area contributed by atoms with Gasteiger partial charge in [-0.3, -0.25) is 17.5 Å². The second-order valence-corrected chi connectivity index (χ2v) is 20.6. The zero-order chi connectivity index (χ0) is 46.9. The number of rotatable bonds is 23. The number of sulfone groups is 2. The Labute approximate surface area is 372 Å². The van der Waals surface area contributed by atoms with Crippen LogP contribution in [0.25, 0.3) is 21.5 Å². The van der Waals surface area contributed by atoms with E-state index in [1.807, 2.05) is 0 Å². The molecule has 0 fully saturated rings. The molecule has 0 aliphatic rings. The molecule has 0 amide bonds. The molecule has 0 bridgehead atoms. The predicted molar refractivity (Wildman–Crippen MR) is 220 cm³/mol. The lowest BCUT2D eigenvalue weighted by Crippen LogP contribution is -2.12. The number of phenols is 1. The number of fused-ring (bicyclic) bond motifs is 2. The van der Waals surface area contributed by atoms with Crippen molar-refractivity contribution in [3.63, 3.8) is 0 Å². The minimum atomic E-state index is -5.17. The van der Waals surface area contributed by atoms with E-state index in [0.717, 1.165) is 36.4 Å². The summed E-state index contributed by atoms with van der Waals surface area (Å²) in [7, 11) is -18.6. The van der Waals surface area contributed by atoms with E-state index in [1.54, 1.807) is 0 Å². The second kappa shape index (κ2) is 21.8. The van der Waals surface area contributed by atoms with Crippen LogP contribution >= 0.6 is 36.7 Å². The van der Waals surface area contributed by atoms with Gasteiger partial charge in [0.05, 0.1) is 57.1 Å². The number of azo groups is 2. The van der Waals surface area contributed by atoms with Gasteiger partial charge in [0.25, 0.3) is 20.2 Å². The molecule has 5 rings (SSSR count). The van der Waals surface area contributed by atoms with Crippen LogP contribution < -0.4 is 5.73 Å². The molecule has 0 aliphatic heterocycles. The molecule has 34 heteroatoms. The highest BCUT2D eigenvalue weighted by Gasteiger charge is 2.25. The first-order valence-electron chi connectivity index (χ1n) is 16.4. The molecule has 0 heterocycles. The summed E-state index contributed by atoms with van der Waals surface area (Å²) in [4.78, 5) is -2.89. The number of nitrogens with zero attached hydrogens (tertiary/aromatic N) is 4. The third-order valence-electron chi connectivity index (χ3n) is 8.10. The minimum absolute atomic E-state index is 0.0185. The maximum absolute atomic E-state index is 12.9. The Kier molecular flexibility index (Phi) is 17.3. The highest BCUT2D eigenvalue weighted by atomic mass is 32.2. The van der Waals surface area contributed by atoms with Crippen LogP contribution in [0.15, 0.2) is 112 Å². The first-order chi connectivity index (χ1) is 30.2. The number of hydrogen-bond donors (Lipinski definition) is 7. The quantitative estimate of drug-likeness (QED) is 0.00690. The van der Waals surface area contributed by atoms with Crippen molar-refractivity contribution >= 4 is 127 Å². The number of hydrogen-bond acceptors (Lipinski definition) is 28. The normalized spacial score (nSPS) is 13.0. The van der Waals surface area contributed by atoms with Gasteiger partial charge in [0.15, 0.2) is 50.1 Å². The van der Waals surface area contributed by atoms with E-state index in [2.05, 4.69) is 48.6 Å². The summed E-state index contributed by atoms with van der Waals surface area (Å²) in [6.45, 7) is -0.931. The predicted octanol–water partition coefficient (Wildman–Crippen LogP) is 6.58. The number of phenolic OH excluding ortho intramolecular Hbond substituents is 1. The van der Waals surface area contributed by atoms with Crippen LogP contribution in [-0.2, 0) is 76.4 Å². The van der Waals surface area contributed by atoms with E-state index >= 15 is 0 Å². The van der Waals surface area contributed by atoms with Gasteiger partial charge in [0, 0.05) is 16.2 Å². The van der Waals surface area contributed by atoms with Crippen molar-refractivity contribution in [2.75, 3.05) is 30.5 Å². The lowest BCUT2D eigenvalue weighted by Gasteiger charge is -2.12. The summed E-state index contributed by atoms with van der Waals surface area (Å²) in [5, 5.41) is 62.4. The summed E-state index contributed by atoms with van der Waals surface area (Å²) in [5.74, 6) is -2.01. The van der Waals surface area contributed by atoms with Gasteiger partial charge in [0.1, 0.15) is 32.5 Å². The van der Waals surface area contributed by atoms with Crippen molar-refractivity contribution in [3.8, 4) is 5.75 Å². The average Bonchev–Trinajstić information content (AvgIpc) is 3.23. The highest BCUT2D eigenvalue weighted by Crippen LogP contribution is 2.48. The van der Waals surface area contributed by atoms with Gasteiger partial charge in [-0.2, -0.15) is 16.8 Å². The standard InChI is InChI=1S/C30H27N5O22S7/c31-22-6-5-20-21(27(22)34-32-23-8-3-18(14-26(23)63(44,45)46)62(42,43)12-10-51-60-57-54-39)15-25(58-55-52-37)28(29(20)36)35-33-24-7-1-16-13-17(2-4-19(16)30(24)64(47,48)49)61(40,41)11-9-50-59-56-53-38/h1-8,13-15,36-39H,9-12,31H2,(H,44,45,46)(H,47,48,49). The van der Waals surface area contributed by atoms with Gasteiger partial charge in [0.2, 0.25) is 0 Å². The minimum Gasteiger partial charge on any atom is -0.505 e. The molecule has 5 aromatic carbocycles. The first-order valence-corrected chi connectivity index (χ1v) is 24.7. The first kappa shape index (κ1) is 50.7.